The fourth-order valence-electron chi connectivity index (χ4n) is 5.83. The van der Waals surface area contributed by atoms with Gasteiger partial charge in [-0.1, -0.05) is 62.9 Å². The number of piperidine rings is 1. The van der Waals surface area contributed by atoms with Gasteiger partial charge < -0.3 is 26.2 Å². The van der Waals surface area contributed by atoms with Gasteiger partial charge in [0, 0.05) is 61.6 Å². The number of nitrogens with zero attached hydrogens (tertiary/aromatic N) is 6. The second-order valence-corrected chi connectivity index (χ2v) is 12.6. The molecule has 1 aromatic heterocycles. The number of benzene rings is 2. The fraction of sp³-hybridized carbons (Fsp3) is 0.351. The SMILES string of the molecule is C=C/C(=C1/NC(N2CCC(N)CC2)=NC(=NCc2ccccc2-c2nccc3cc(NC(=O)/C=C/CN(C)C)ccc23)N1C)C(C)C. The number of nitrogens with two attached hydrogens (primary N) is 1. The second-order valence-electron chi connectivity index (χ2n) is 12.6. The van der Waals surface area contributed by atoms with Crippen LogP contribution in [0, 0.1) is 5.92 Å². The topological polar surface area (TPSA) is 114 Å². The number of guanidine groups is 2. The number of carbonyl (C=O) groups excluding carboxylic acids is 1. The number of likely N-dealkylation sites (tertiary alicyclic amines) is 1. The number of rotatable bonds is 9. The van der Waals surface area contributed by atoms with E-state index in [1.165, 1.54) is 0 Å². The summed E-state index contributed by atoms with van der Waals surface area (Å²) < 4.78 is 0. The number of carbonyl (C=O) groups is 1. The van der Waals surface area contributed by atoms with E-state index in [0.29, 0.717) is 19.0 Å². The quantitative estimate of drug-likeness (QED) is 0.278. The van der Waals surface area contributed by atoms with Crippen molar-refractivity contribution in [3.05, 3.63) is 96.5 Å². The van der Waals surface area contributed by atoms with Gasteiger partial charge in [0.15, 0.2) is 0 Å². The molecule has 246 valence electrons. The lowest BCUT2D eigenvalue weighted by molar-refractivity contribution is -0.111. The predicted octanol–water partition coefficient (Wildman–Crippen LogP) is 5.18. The zero-order valence-electron chi connectivity index (χ0n) is 28.2. The number of pyridine rings is 1. The number of amides is 1. The van der Waals surface area contributed by atoms with Gasteiger partial charge in [0.1, 0.15) is 5.82 Å². The van der Waals surface area contributed by atoms with Crippen molar-refractivity contribution in [2.24, 2.45) is 21.6 Å². The summed E-state index contributed by atoms with van der Waals surface area (Å²) in [5.74, 6) is 2.47. The molecule has 10 nitrogen and oxygen atoms in total. The predicted molar refractivity (Wildman–Crippen MR) is 194 cm³/mol. The van der Waals surface area contributed by atoms with Crippen molar-refractivity contribution in [2.45, 2.75) is 39.3 Å². The van der Waals surface area contributed by atoms with Crippen LogP contribution in [0.25, 0.3) is 22.0 Å². The molecule has 2 aliphatic heterocycles. The van der Waals surface area contributed by atoms with Crippen molar-refractivity contribution in [2.75, 3.05) is 46.1 Å². The Morgan fingerprint density at radius 3 is 2.68 bits per heavy atom. The standard InChI is InChI=1S/C37H47N9O/c1-7-30(25(2)3)35-42-37(46-21-17-28(38)18-22-46)43-36(45(35)6)40-24-27-11-8-9-12-31(27)34-32-15-14-29(23-26(32)16-19-39-34)41-33(47)13-10-20-44(4)5/h7-16,19,23,25,28H,1,17-18,20-22,24,38H2,2-6H3,(H,41,47)(H,40,42,43)/b13-10+,35-30+. The van der Waals surface area contributed by atoms with Gasteiger partial charge in [-0.3, -0.25) is 14.7 Å². The van der Waals surface area contributed by atoms with Crippen LogP contribution in [0.5, 0.6) is 0 Å². The molecule has 5 rings (SSSR count). The number of anilines is 1. The molecule has 1 saturated heterocycles. The highest BCUT2D eigenvalue weighted by Crippen LogP contribution is 2.31. The highest BCUT2D eigenvalue weighted by atomic mass is 16.1. The number of aliphatic imine (C=N–C) groups is 2. The molecule has 3 heterocycles. The van der Waals surface area contributed by atoms with Gasteiger partial charge in [0.25, 0.3) is 0 Å². The van der Waals surface area contributed by atoms with Gasteiger partial charge >= 0.3 is 0 Å². The van der Waals surface area contributed by atoms with Gasteiger partial charge in [-0.05, 0) is 67.6 Å². The maximum absolute atomic E-state index is 12.4. The van der Waals surface area contributed by atoms with Crippen LogP contribution >= 0.6 is 0 Å². The van der Waals surface area contributed by atoms with Crippen molar-refractivity contribution in [1.82, 2.24) is 25.0 Å². The Morgan fingerprint density at radius 2 is 1.96 bits per heavy atom. The lowest BCUT2D eigenvalue weighted by Crippen LogP contribution is -2.53. The van der Waals surface area contributed by atoms with E-state index in [-0.39, 0.29) is 17.9 Å². The monoisotopic (exact) mass is 633 g/mol. The van der Waals surface area contributed by atoms with E-state index in [1.807, 2.05) is 85.7 Å². The number of fused-ring (bicyclic) bond motifs is 1. The first-order valence-electron chi connectivity index (χ1n) is 16.2. The normalized spacial score (nSPS) is 17.9. The number of aromatic nitrogens is 1. The number of hydrogen-bond acceptors (Lipinski definition) is 7. The van der Waals surface area contributed by atoms with Crippen LogP contribution < -0.4 is 16.4 Å². The number of likely N-dealkylation sites (N-methyl/N-ethyl adjacent to an activating group) is 1. The van der Waals surface area contributed by atoms with E-state index in [4.69, 9.17) is 20.7 Å². The second kappa shape index (κ2) is 15.2. The maximum Gasteiger partial charge on any atom is 0.248 e. The Kier molecular flexibility index (Phi) is 10.8. The van der Waals surface area contributed by atoms with E-state index in [2.05, 4.69) is 48.1 Å². The minimum atomic E-state index is -0.158. The highest BCUT2D eigenvalue weighted by molar-refractivity contribution is 6.03. The van der Waals surface area contributed by atoms with E-state index in [1.54, 1.807) is 6.08 Å². The molecule has 3 aromatic rings. The summed E-state index contributed by atoms with van der Waals surface area (Å²) in [6.07, 6.45) is 8.98. The number of nitrogens with one attached hydrogen (secondary N) is 2. The van der Waals surface area contributed by atoms with Crippen molar-refractivity contribution >= 4 is 34.3 Å². The minimum Gasteiger partial charge on any atom is -0.342 e. The number of hydrogen-bond donors (Lipinski definition) is 3. The summed E-state index contributed by atoms with van der Waals surface area (Å²) in [7, 11) is 5.92. The molecule has 2 aliphatic rings. The van der Waals surface area contributed by atoms with Gasteiger partial charge in [-0.25, -0.2) is 4.99 Å². The molecule has 0 radical (unpaired) electrons. The molecule has 4 N–H and O–H groups in total. The average Bonchev–Trinajstić information content (AvgIpc) is 3.05. The lowest BCUT2D eigenvalue weighted by atomic mass is 9.99. The van der Waals surface area contributed by atoms with Crippen LogP contribution in [-0.2, 0) is 11.3 Å². The van der Waals surface area contributed by atoms with E-state index in [0.717, 1.165) is 76.6 Å². The van der Waals surface area contributed by atoms with Gasteiger partial charge in [-0.15, -0.1) is 0 Å². The smallest absolute Gasteiger partial charge is 0.248 e. The Bertz CT molecular complexity index is 1730. The fourth-order valence-corrected chi connectivity index (χ4v) is 5.83. The first-order valence-corrected chi connectivity index (χ1v) is 16.2. The van der Waals surface area contributed by atoms with E-state index < -0.39 is 0 Å². The van der Waals surface area contributed by atoms with Crippen molar-refractivity contribution in [3.8, 4) is 11.3 Å². The van der Waals surface area contributed by atoms with Crippen molar-refractivity contribution in [3.63, 3.8) is 0 Å². The molecular weight excluding hydrogens is 586 g/mol. The van der Waals surface area contributed by atoms with E-state index >= 15 is 0 Å². The van der Waals surface area contributed by atoms with Crippen LogP contribution in [0.1, 0.15) is 32.3 Å². The molecule has 47 heavy (non-hydrogen) atoms. The summed E-state index contributed by atoms with van der Waals surface area (Å²) >= 11 is 0. The van der Waals surface area contributed by atoms with Crippen molar-refractivity contribution in [1.29, 1.82) is 0 Å². The van der Waals surface area contributed by atoms with Crippen LogP contribution in [-0.4, -0.2) is 84.3 Å². The summed E-state index contributed by atoms with van der Waals surface area (Å²) in [5, 5.41) is 8.53. The maximum atomic E-state index is 12.4. The Labute approximate surface area is 278 Å². The molecule has 1 amide bonds. The third kappa shape index (κ3) is 8.14. The van der Waals surface area contributed by atoms with Gasteiger partial charge in [0.05, 0.1) is 12.2 Å². The molecular formula is C37H47N9O. The molecule has 1 fully saturated rings. The highest BCUT2D eigenvalue weighted by Gasteiger charge is 2.28. The summed E-state index contributed by atoms with van der Waals surface area (Å²) in [5.41, 5.74) is 10.9. The molecule has 10 heteroatoms. The molecule has 0 spiro atoms. The zero-order chi connectivity index (χ0) is 33.5. The first kappa shape index (κ1) is 33.6. The molecule has 0 saturated carbocycles. The van der Waals surface area contributed by atoms with Crippen LogP contribution in [0.4, 0.5) is 5.69 Å². The van der Waals surface area contributed by atoms with Crippen LogP contribution in [0.2, 0.25) is 0 Å². The number of allylic oxidation sites excluding steroid dienone is 2. The molecule has 0 atom stereocenters. The van der Waals surface area contributed by atoms with Crippen molar-refractivity contribution < 1.29 is 4.79 Å². The van der Waals surface area contributed by atoms with Crippen LogP contribution in [0.15, 0.2) is 101 Å². The Morgan fingerprint density at radius 1 is 1.19 bits per heavy atom. The summed E-state index contributed by atoms with van der Waals surface area (Å²) in [4.78, 5) is 33.6. The molecule has 2 aromatic carbocycles. The molecule has 0 aliphatic carbocycles. The van der Waals surface area contributed by atoms with E-state index in [9.17, 15) is 4.79 Å². The third-order valence-electron chi connectivity index (χ3n) is 8.46. The summed E-state index contributed by atoms with van der Waals surface area (Å²) in [6, 6.07) is 16.3. The zero-order valence-corrected chi connectivity index (χ0v) is 28.2. The molecule has 0 bridgehead atoms. The third-order valence-corrected chi connectivity index (χ3v) is 8.46. The Balaban J connectivity index is 1.46. The summed E-state index contributed by atoms with van der Waals surface area (Å²) in [6.45, 7) is 11.2. The average molecular weight is 634 g/mol. The van der Waals surface area contributed by atoms with Gasteiger partial charge in [-0.2, -0.15) is 4.99 Å². The first-order chi connectivity index (χ1) is 22.6. The largest absolute Gasteiger partial charge is 0.342 e. The minimum absolute atomic E-state index is 0.158. The van der Waals surface area contributed by atoms with Gasteiger partial charge in [0.2, 0.25) is 17.8 Å². The Hall–Kier alpha value is -4.80. The van der Waals surface area contributed by atoms with Crippen LogP contribution in [0.3, 0.4) is 0 Å². The lowest BCUT2D eigenvalue weighted by Gasteiger charge is -2.38. The molecule has 0 unspecified atom stereocenters.